The first-order valence-electron chi connectivity index (χ1n) is 5.94. The molecule has 1 aromatic heterocycles. The summed E-state index contributed by atoms with van der Waals surface area (Å²) in [6.07, 6.45) is 4.59. The van der Waals surface area contributed by atoms with Gasteiger partial charge in [-0.05, 0) is 32.4 Å². The van der Waals surface area contributed by atoms with Crippen molar-refractivity contribution in [2.45, 2.75) is 39.2 Å². The Morgan fingerprint density at radius 2 is 2.19 bits per heavy atom. The van der Waals surface area contributed by atoms with Gasteiger partial charge in [0.2, 0.25) is 0 Å². The van der Waals surface area contributed by atoms with E-state index < -0.39 is 0 Å². The third-order valence-electron chi connectivity index (χ3n) is 2.89. The summed E-state index contributed by atoms with van der Waals surface area (Å²) in [7, 11) is 0. The molecule has 0 saturated carbocycles. The van der Waals surface area contributed by atoms with Gasteiger partial charge >= 0.3 is 0 Å². The zero-order valence-electron chi connectivity index (χ0n) is 9.70. The van der Waals surface area contributed by atoms with Crippen molar-refractivity contribution in [1.29, 1.82) is 5.26 Å². The Bertz CT molecular complexity index is 385. The lowest BCUT2D eigenvalue weighted by atomic mass is 10.2. The SMILES string of the molecule is CCCc1nc(CN2CCCC2)sc1C#N. The van der Waals surface area contributed by atoms with Crippen LogP contribution in [0.2, 0.25) is 0 Å². The average Bonchev–Trinajstić information content (AvgIpc) is 2.89. The third-order valence-corrected chi connectivity index (χ3v) is 3.87. The molecule has 3 nitrogen and oxygen atoms in total. The fourth-order valence-corrected chi connectivity index (χ4v) is 3.04. The highest BCUT2D eigenvalue weighted by atomic mass is 32.1. The highest BCUT2D eigenvalue weighted by Gasteiger charge is 2.16. The fraction of sp³-hybridized carbons (Fsp3) is 0.667. The highest BCUT2D eigenvalue weighted by molar-refractivity contribution is 7.12. The van der Waals surface area contributed by atoms with Crippen molar-refractivity contribution in [3.63, 3.8) is 0 Å². The predicted molar refractivity (Wildman–Crippen MR) is 65.3 cm³/mol. The van der Waals surface area contributed by atoms with Crippen LogP contribution >= 0.6 is 11.3 Å². The van der Waals surface area contributed by atoms with Gasteiger partial charge in [-0.3, -0.25) is 4.90 Å². The number of thiazole rings is 1. The highest BCUT2D eigenvalue weighted by Crippen LogP contribution is 2.21. The van der Waals surface area contributed by atoms with Gasteiger partial charge in [0, 0.05) is 0 Å². The number of nitrogens with zero attached hydrogens (tertiary/aromatic N) is 3. The fourth-order valence-electron chi connectivity index (χ4n) is 2.09. The molecule has 1 fully saturated rings. The smallest absolute Gasteiger partial charge is 0.128 e. The van der Waals surface area contributed by atoms with Crippen LogP contribution in [0.15, 0.2) is 0 Å². The van der Waals surface area contributed by atoms with E-state index in [1.54, 1.807) is 11.3 Å². The minimum atomic E-state index is 0.816. The zero-order valence-corrected chi connectivity index (χ0v) is 10.5. The van der Waals surface area contributed by atoms with E-state index in [0.717, 1.165) is 35.0 Å². The molecule has 0 bridgehead atoms. The lowest BCUT2D eigenvalue weighted by Crippen LogP contribution is -2.18. The van der Waals surface area contributed by atoms with Crippen molar-refractivity contribution in [1.82, 2.24) is 9.88 Å². The van der Waals surface area contributed by atoms with Gasteiger partial charge in [0.05, 0.1) is 12.2 Å². The van der Waals surface area contributed by atoms with Gasteiger partial charge in [-0.25, -0.2) is 4.98 Å². The minimum absolute atomic E-state index is 0.816. The van der Waals surface area contributed by atoms with E-state index in [1.807, 2.05) is 0 Å². The van der Waals surface area contributed by atoms with Crippen LogP contribution in [0.25, 0.3) is 0 Å². The quantitative estimate of drug-likeness (QED) is 0.805. The van der Waals surface area contributed by atoms with E-state index in [0.29, 0.717) is 0 Å². The minimum Gasteiger partial charge on any atom is -0.297 e. The number of aryl methyl sites for hydroxylation is 1. The Kier molecular flexibility index (Phi) is 3.92. The first-order chi connectivity index (χ1) is 7.83. The molecule has 0 radical (unpaired) electrons. The van der Waals surface area contributed by atoms with Gasteiger partial charge in [0.15, 0.2) is 0 Å². The van der Waals surface area contributed by atoms with Crippen molar-refractivity contribution >= 4 is 11.3 Å². The van der Waals surface area contributed by atoms with E-state index in [1.165, 1.54) is 25.9 Å². The van der Waals surface area contributed by atoms with Gasteiger partial charge in [-0.1, -0.05) is 13.3 Å². The molecule has 4 heteroatoms. The average molecular weight is 235 g/mol. The standard InChI is InChI=1S/C12H17N3S/c1-2-5-10-11(8-13)16-12(14-10)9-15-6-3-4-7-15/h2-7,9H2,1H3. The van der Waals surface area contributed by atoms with E-state index in [4.69, 9.17) is 5.26 Å². The second kappa shape index (κ2) is 5.42. The Morgan fingerprint density at radius 3 is 2.81 bits per heavy atom. The monoisotopic (exact) mass is 235 g/mol. The maximum Gasteiger partial charge on any atom is 0.128 e. The first kappa shape index (κ1) is 11.6. The van der Waals surface area contributed by atoms with Gasteiger partial charge in [-0.15, -0.1) is 11.3 Å². The molecule has 0 aliphatic carbocycles. The molecule has 0 amide bonds. The van der Waals surface area contributed by atoms with Crippen molar-refractivity contribution in [3.8, 4) is 6.07 Å². The third kappa shape index (κ3) is 2.60. The van der Waals surface area contributed by atoms with E-state index in [-0.39, 0.29) is 0 Å². The Balaban J connectivity index is 2.06. The largest absolute Gasteiger partial charge is 0.297 e. The van der Waals surface area contributed by atoms with Gasteiger partial charge in [-0.2, -0.15) is 5.26 Å². The van der Waals surface area contributed by atoms with Crippen LogP contribution in [0.1, 0.15) is 41.8 Å². The first-order valence-corrected chi connectivity index (χ1v) is 6.76. The van der Waals surface area contributed by atoms with Crippen LogP contribution < -0.4 is 0 Å². The van der Waals surface area contributed by atoms with E-state index >= 15 is 0 Å². The van der Waals surface area contributed by atoms with E-state index in [2.05, 4.69) is 22.9 Å². The van der Waals surface area contributed by atoms with Crippen LogP contribution in [0.4, 0.5) is 0 Å². The molecular weight excluding hydrogens is 218 g/mol. The lowest BCUT2D eigenvalue weighted by Gasteiger charge is -2.11. The number of aromatic nitrogens is 1. The maximum atomic E-state index is 9.03. The molecule has 16 heavy (non-hydrogen) atoms. The Labute approximate surface area is 101 Å². The molecule has 1 saturated heterocycles. The van der Waals surface area contributed by atoms with Gasteiger partial charge in [0.25, 0.3) is 0 Å². The van der Waals surface area contributed by atoms with Crippen LogP contribution in [0.5, 0.6) is 0 Å². The van der Waals surface area contributed by atoms with E-state index in [9.17, 15) is 0 Å². The summed E-state index contributed by atoms with van der Waals surface area (Å²) in [5.74, 6) is 0. The topological polar surface area (TPSA) is 39.9 Å². The molecule has 0 atom stereocenters. The summed E-state index contributed by atoms with van der Waals surface area (Å²) >= 11 is 1.57. The van der Waals surface area contributed by atoms with Crippen molar-refractivity contribution in [3.05, 3.63) is 15.6 Å². The number of hydrogen-bond acceptors (Lipinski definition) is 4. The molecule has 1 aliphatic heterocycles. The summed E-state index contributed by atoms with van der Waals surface area (Å²) in [5.41, 5.74) is 1.00. The maximum absolute atomic E-state index is 9.03. The van der Waals surface area contributed by atoms with Crippen molar-refractivity contribution in [2.24, 2.45) is 0 Å². The summed E-state index contributed by atoms with van der Waals surface area (Å²) in [6.45, 7) is 5.43. The summed E-state index contributed by atoms with van der Waals surface area (Å²) in [6, 6.07) is 2.26. The summed E-state index contributed by atoms with van der Waals surface area (Å²) in [5, 5.41) is 10.1. The molecule has 1 aliphatic rings. The molecule has 0 N–H and O–H groups in total. The normalized spacial score (nSPS) is 16.5. The number of likely N-dealkylation sites (tertiary alicyclic amines) is 1. The molecule has 2 rings (SSSR count). The number of hydrogen-bond donors (Lipinski definition) is 0. The Hall–Kier alpha value is -0.920. The second-order valence-corrected chi connectivity index (χ2v) is 5.31. The zero-order chi connectivity index (χ0) is 11.4. The number of nitriles is 1. The molecule has 1 aromatic rings. The van der Waals surface area contributed by atoms with Crippen LogP contribution in [-0.2, 0) is 13.0 Å². The van der Waals surface area contributed by atoms with Gasteiger partial charge in [0.1, 0.15) is 16.0 Å². The summed E-state index contributed by atoms with van der Waals surface area (Å²) in [4.78, 5) is 7.83. The number of rotatable bonds is 4. The molecule has 0 spiro atoms. The Morgan fingerprint density at radius 1 is 1.44 bits per heavy atom. The molecule has 0 aromatic carbocycles. The van der Waals surface area contributed by atoms with Crippen LogP contribution in [0, 0.1) is 11.3 Å². The predicted octanol–water partition coefficient (Wildman–Crippen LogP) is 2.56. The molecule has 0 unspecified atom stereocenters. The lowest BCUT2D eigenvalue weighted by molar-refractivity contribution is 0.330. The van der Waals surface area contributed by atoms with Crippen LogP contribution in [-0.4, -0.2) is 23.0 Å². The molecule has 86 valence electrons. The molecular formula is C12H17N3S. The van der Waals surface area contributed by atoms with Crippen molar-refractivity contribution < 1.29 is 0 Å². The summed E-state index contributed by atoms with van der Waals surface area (Å²) < 4.78 is 0. The van der Waals surface area contributed by atoms with Crippen LogP contribution in [0.3, 0.4) is 0 Å². The molecule has 2 heterocycles. The second-order valence-electron chi connectivity index (χ2n) is 4.23. The van der Waals surface area contributed by atoms with Crippen molar-refractivity contribution in [2.75, 3.05) is 13.1 Å². The van der Waals surface area contributed by atoms with Gasteiger partial charge < -0.3 is 0 Å².